The zero-order valence-electron chi connectivity index (χ0n) is 9.75. The van der Waals surface area contributed by atoms with E-state index in [0.717, 1.165) is 37.6 Å². The molecule has 86 valence electrons. The Morgan fingerprint density at radius 3 is 3.07 bits per heavy atom. The van der Waals surface area contributed by atoms with Crippen LogP contribution in [0.15, 0.2) is 10.8 Å². The van der Waals surface area contributed by atoms with Gasteiger partial charge >= 0.3 is 0 Å². The Morgan fingerprint density at radius 2 is 2.40 bits per heavy atom. The fourth-order valence-electron chi connectivity index (χ4n) is 1.51. The van der Waals surface area contributed by atoms with Crippen LogP contribution in [0.3, 0.4) is 0 Å². The molecule has 0 saturated heterocycles. The number of ether oxygens (including phenoxy) is 1. The lowest BCUT2D eigenvalue weighted by Crippen LogP contribution is -2.14. The maximum Gasteiger partial charge on any atom is 0.181 e. The Hall–Kier alpha value is -0.870. The monoisotopic (exact) mass is 212 g/mol. The molecule has 0 fully saturated rings. The van der Waals surface area contributed by atoms with Gasteiger partial charge < -0.3 is 14.5 Å². The van der Waals surface area contributed by atoms with Crippen LogP contribution in [0.25, 0.3) is 0 Å². The van der Waals surface area contributed by atoms with E-state index in [1.807, 2.05) is 0 Å². The number of methoxy groups -OCH3 is 1. The predicted octanol–water partition coefficient (Wildman–Crippen LogP) is 1.61. The first kappa shape index (κ1) is 12.2. The molecule has 0 aromatic carbocycles. The van der Waals surface area contributed by atoms with Crippen molar-refractivity contribution in [3.63, 3.8) is 0 Å². The van der Waals surface area contributed by atoms with Crippen LogP contribution in [0.4, 0.5) is 0 Å². The van der Waals surface area contributed by atoms with Gasteiger partial charge in [0.15, 0.2) is 6.39 Å². The third kappa shape index (κ3) is 4.01. The molecule has 1 N–H and O–H groups in total. The Bertz CT molecular complexity index is 273. The summed E-state index contributed by atoms with van der Waals surface area (Å²) in [5.41, 5.74) is 1.01. The van der Waals surface area contributed by atoms with Crippen molar-refractivity contribution in [2.75, 3.05) is 20.3 Å². The van der Waals surface area contributed by atoms with E-state index in [1.165, 1.54) is 6.39 Å². The van der Waals surface area contributed by atoms with E-state index >= 15 is 0 Å². The van der Waals surface area contributed by atoms with E-state index in [0.29, 0.717) is 5.92 Å². The molecule has 1 aromatic rings. The zero-order chi connectivity index (χ0) is 11.1. The lowest BCUT2D eigenvalue weighted by atomic mass is 10.1. The average molecular weight is 212 g/mol. The molecule has 0 saturated carbocycles. The lowest BCUT2D eigenvalue weighted by Gasteiger charge is -2.08. The predicted molar refractivity (Wildman–Crippen MR) is 58.6 cm³/mol. The summed E-state index contributed by atoms with van der Waals surface area (Å²) in [6.45, 7) is 6.69. The maximum atomic E-state index is 5.37. The van der Waals surface area contributed by atoms with Crippen molar-refractivity contribution in [3.05, 3.63) is 17.8 Å². The Morgan fingerprint density at radius 1 is 1.60 bits per heavy atom. The van der Waals surface area contributed by atoms with Crippen LogP contribution in [0.1, 0.15) is 25.3 Å². The highest BCUT2D eigenvalue weighted by Crippen LogP contribution is 2.13. The summed E-state index contributed by atoms with van der Waals surface area (Å²) in [5.74, 6) is 1.43. The first-order valence-corrected chi connectivity index (χ1v) is 5.38. The van der Waals surface area contributed by atoms with Crippen LogP contribution in [0.2, 0.25) is 0 Å². The van der Waals surface area contributed by atoms with Crippen LogP contribution in [0.5, 0.6) is 0 Å². The number of oxazole rings is 1. The average Bonchev–Trinajstić information content (AvgIpc) is 2.63. The summed E-state index contributed by atoms with van der Waals surface area (Å²) in [6, 6.07) is 0. The van der Waals surface area contributed by atoms with Gasteiger partial charge in [0.05, 0.1) is 5.69 Å². The molecular weight excluding hydrogens is 192 g/mol. The molecule has 15 heavy (non-hydrogen) atoms. The molecule has 1 heterocycles. The highest BCUT2D eigenvalue weighted by molar-refractivity contribution is 5.07. The summed E-state index contributed by atoms with van der Waals surface area (Å²) in [5, 5.41) is 3.24. The number of nitrogens with zero attached hydrogens (tertiary/aromatic N) is 1. The summed E-state index contributed by atoms with van der Waals surface area (Å²) in [6.07, 6.45) is 2.40. The fourth-order valence-corrected chi connectivity index (χ4v) is 1.51. The maximum absolute atomic E-state index is 5.37. The van der Waals surface area contributed by atoms with Gasteiger partial charge in [-0.25, -0.2) is 4.98 Å². The van der Waals surface area contributed by atoms with E-state index in [9.17, 15) is 0 Å². The second-order valence-electron chi connectivity index (χ2n) is 3.77. The smallest absolute Gasteiger partial charge is 0.181 e. The molecule has 4 nitrogen and oxygen atoms in total. The minimum Gasteiger partial charge on any atom is -0.448 e. The number of aromatic nitrogens is 1. The minimum atomic E-state index is 0.461. The molecular formula is C11H20N2O2. The third-order valence-corrected chi connectivity index (χ3v) is 2.25. The molecule has 0 aliphatic rings. The Kier molecular flexibility index (Phi) is 5.36. The molecule has 1 rings (SSSR count). The van der Waals surface area contributed by atoms with Gasteiger partial charge in [-0.2, -0.15) is 0 Å². The van der Waals surface area contributed by atoms with E-state index in [-0.39, 0.29) is 0 Å². The Labute approximate surface area is 91.0 Å². The van der Waals surface area contributed by atoms with Gasteiger partial charge in [0.25, 0.3) is 0 Å². The van der Waals surface area contributed by atoms with Gasteiger partial charge in [-0.3, -0.25) is 0 Å². The van der Waals surface area contributed by atoms with Crippen molar-refractivity contribution in [2.45, 2.75) is 26.8 Å². The van der Waals surface area contributed by atoms with Gasteiger partial charge in [0, 0.05) is 26.7 Å². The second-order valence-corrected chi connectivity index (χ2v) is 3.77. The fraction of sp³-hybridized carbons (Fsp3) is 0.727. The van der Waals surface area contributed by atoms with Crippen molar-refractivity contribution in [1.82, 2.24) is 10.3 Å². The summed E-state index contributed by atoms with van der Waals surface area (Å²) in [4.78, 5) is 4.20. The number of hydrogen-bond acceptors (Lipinski definition) is 4. The first-order chi connectivity index (χ1) is 7.27. The summed E-state index contributed by atoms with van der Waals surface area (Å²) >= 11 is 0. The van der Waals surface area contributed by atoms with E-state index < -0.39 is 0 Å². The minimum absolute atomic E-state index is 0.461. The molecule has 4 heteroatoms. The molecule has 0 spiro atoms. The molecule has 1 atom stereocenters. The van der Waals surface area contributed by atoms with Gasteiger partial charge in [-0.05, 0) is 12.5 Å². The zero-order valence-corrected chi connectivity index (χ0v) is 9.75. The van der Waals surface area contributed by atoms with E-state index in [4.69, 9.17) is 9.15 Å². The topological polar surface area (TPSA) is 47.3 Å². The Balaban J connectivity index is 2.48. The van der Waals surface area contributed by atoms with Gasteiger partial charge in [0.2, 0.25) is 0 Å². The molecule has 0 radical (unpaired) electrons. The van der Waals surface area contributed by atoms with Crippen molar-refractivity contribution in [3.8, 4) is 0 Å². The molecule has 0 amide bonds. The largest absolute Gasteiger partial charge is 0.448 e. The van der Waals surface area contributed by atoms with E-state index in [2.05, 4.69) is 24.1 Å². The normalized spacial score (nSPS) is 13.0. The van der Waals surface area contributed by atoms with Crippen molar-refractivity contribution >= 4 is 0 Å². The van der Waals surface area contributed by atoms with E-state index in [1.54, 1.807) is 7.11 Å². The third-order valence-electron chi connectivity index (χ3n) is 2.25. The number of hydrogen-bond donors (Lipinski definition) is 1. The van der Waals surface area contributed by atoms with Crippen molar-refractivity contribution < 1.29 is 9.15 Å². The van der Waals surface area contributed by atoms with Crippen molar-refractivity contribution in [2.24, 2.45) is 5.92 Å². The van der Waals surface area contributed by atoms with Crippen LogP contribution >= 0.6 is 0 Å². The van der Waals surface area contributed by atoms with Crippen LogP contribution in [-0.2, 0) is 17.7 Å². The first-order valence-electron chi connectivity index (χ1n) is 5.38. The molecule has 1 aromatic heterocycles. The van der Waals surface area contributed by atoms with Gasteiger partial charge in [0.1, 0.15) is 5.76 Å². The molecule has 0 bridgehead atoms. The molecule has 0 aliphatic carbocycles. The summed E-state index contributed by atoms with van der Waals surface area (Å²) in [7, 11) is 1.72. The highest BCUT2D eigenvalue weighted by atomic mass is 16.5. The SMILES string of the molecule is CCNCc1ncoc1CC(C)COC. The lowest BCUT2D eigenvalue weighted by molar-refractivity contribution is 0.156. The number of rotatable bonds is 7. The van der Waals surface area contributed by atoms with Gasteiger partial charge in [-0.1, -0.05) is 13.8 Å². The van der Waals surface area contributed by atoms with Crippen LogP contribution < -0.4 is 5.32 Å². The second kappa shape index (κ2) is 6.58. The summed E-state index contributed by atoms with van der Waals surface area (Å²) < 4.78 is 10.5. The van der Waals surface area contributed by atoms with Crippen LogP contribution in [-0.4, -0.2) is 25.2 Å². The number of nitrogens with one attached hydrogen (secondary N) is 1. The highest BCUT2D eigenvalue weighted by Gasteiger charge is 2.11. The quantitative estimate of drug-likeness (QED) is 0.746. The molecule has 1 unspecified atom stereocenters. The standard InChI is InChI=1S/C11H20N2O2/c1-4-12-6-10-11(15-8-13-10)5-9(2)7-14-3/h8-9,12H,4-7H2,1-3H3. The van der Waals surface area contributed by atoms with Crippen molar-refractivity contribution in [1.29, 1.82) is 0 Å². The van der Waals surface area contributed by atoms with Crippen LogP contribution in [0, 0.1) is 5.92 Å². The van der Waals surface area contributed by atoms with Gasteiger partial charge in [-0.15, -0.1) is 0 Å². The molecule has 0 aliphatic heterocycles.